The Balaban J connectivity index is 1.94. The van der Waals surface area contributed by atoms with Crippen molar-refractivity contribution < 1.29 is 13.6 Å². The lowest BCUT2D eigenvalue weighted by molar-refractivity contribution is -0.119. The minimum Gasteiger partial charge on any atom is -0.316 e. The number of hydrogen-bond donors (Lipinski definition) is 1. The van der Waals surface area contributed by atoms with Crippen LogP contribution in [0.2, 0.25) is 0 Å². The molecule has 98 valence electrons. The van der Waals surface area contributed by atoms with Crippen LogP contribution in [0.5, 0.6) is 0 Å². The molecule has 1 aromatic rings. The van der Waals surface area contributed by atoms with Crippen molar-refractivity contribution in [1.29, 1.82) is 0 Å². The molecule has 1 aliphatic heterocycles. The van der Waals surface area contributed by atoms with E-state index in [9.17, 15) is 13.6 Å². The smallest absolute Gasteiger partial charge is 0.137 e. The van der Waals surface area contributed by atoms with Gasteiger partial charge in [0.25, 0.3) is 0 Å². The van der Waals surface area contributed by atoms with Crippen LogP contribution in [0.1, 0.15) is 24.8 Å². The molecule has 1 heterocycles. The van der Waals surface area contributed by atoms with E-state index in [4.69, 9.17) is 0 Å². The first-order chi connectivity index (χ1) is 8.66. The highest BCUT2D eigenvalue weighted by molar-refractivity contribution is 5.81. The number of hydrogen-bond acceptors (Lipinski definition) is 2. The quantitative estimate of drug-likeness (QED) is 0.893. The molecule has 0 radical (unpaired) electrons. The molecule has 4 heteroatoms. The van der Waals surface area contributed by atoms with Gasteiger partial charge in [-0.25, -0.2) is 8.78 Å². The van der Waals surface area contributed by atoms with Gasteiger partial charge < -0.3 is 5.32 Å². The predicted octanol–water partition coefficient (Wildman–Crippen LogP) is 2.47. The van der Waals surface area contributed by atoms with Crippen LogP contribution in [-0.2, 0) is 11.2 Å². The molecule has 1 saturated heterocycles. The minimum absolute atomic E-state index is 0.0901. The number of piperidine rings is 1. The van der Waals surface area contributed by atoms with E-state index in [0.29, 0.717) is 12.3 Å². The Labute approximate surface area is 105 Å². The first-order valence-electron chi connectivity index (χ1n) is 6.32. The molecule has 0 saturated carbocycles. The van der Waals surface area contributed by atoms with E-state index in [1.807, 2.05) is 0 Å². The zero-order valence-corrected chi connectivity index (χ0v) is 10.2. The Morgan fingerprint density at radius 2 is 2.06 bits per heavy atom. The van der Waals surface area contributed by atoms with Crippen molar-refractivity contribution in [3.05, 3.63) is 35.4 Å². The van der Waals surface area contributed by atoms with Crippen molar-refractivity contribution in [2.75, 3.05) is 13.1 Å². The van der Waals surface area contributed by atoms with E-state index in [0.717, 1.165) is 25.9 Å². The average Bonchev–Trinajstić information content (AvgIpc) is 2.35. The van der Waals surface area contributed by atoms with Gasteiger partial charge in [-0.15, -0.1) is 0 Å². The Kier molecular flexibility index (Phi) is 4.42. The predicted molar refractivity (Wildman–Crippen MR) is 65.3 cm³/mol. The molecule has 1 aliphatic rings. The Morgan fingerprint density at radius 3 is 2.67 bits per heavy atom. The molecule has 1 aromatic carbocycles. The third-order valence-electron chi connectivity index (χ3n) is 3.35. The van der Waals surface area contributed by atoms with E-state index in [1.165, 1.54) is 18.2 Å². The summed E-state index contributed by atoms with van der Waals surface area (Å²) in [6, 6.07) is 3.69. The zero-order chi connectivity index (χ0) is 13.0. The van der Waals surface area contributed by atoms with Crippen molar-refractivity contribution in [1.82, 2.24) is 5.32 Å². The zero-order valence-electron chi connectivity index (χ0n) is 10.2. The molecule has 0 aromatic heterocycles. The highest BCUT2D eigenvalue weighted by Gasteiger charge is 2.19. The number of Topliss-reactive ketones (excluding diaryl/α,β-unsaturated/α-hetero) is 1. The SMILES string of the molecule is O=C(Cc1c(F)cccc1F)CC1CCCNC1. The van der Waals surface area contributed by atoms with E-state index < -0.39 is 11.6 Å². The van der Waals surface area contributed by atoms with E-state index in [-0.39, 0.29) is 17.8 Å². The van der Waals surface area contributed by atoms with Crippen molar-refractivity contribution in [2.24, 2.45) is 5.92 Å². The largest absolute Gasteiger partial charge is 0.316 e. The molecule has 1 N–H and O–H groups in total. The molecule has 2 rings (SSSR count). The van der Waals surface area contributed by atoms with Gasteiger partial charge in [-0.05, 0) is 44.0 Å². The van der Waals surface area contributed by atoms with Crippen molar-refractivity contribution in [3.8, 4) is 0 Å². The summed E-state index contributed by atoms with van der Waals surface area (Å²) in [6.45, 7) is 1.82. The number of benzene rings is 1. The second-order valence-corrected chi connectivity index (χ2v) is 4.83. The van der Waals surface area contributed by atoms with Gasteiger partial charge in [-0.2, -0.15) is 0 Å². The van der Waals surface area contributed by atoms with Crippen LogP contribution in [0.15, 0.2) is 18.2 Å². The summed E-state index contributed by atoms with van der Waals surface area (Å²) in [5.74, 6) is -1.05. The second-order valence-electron chi connectivity index (χ2n) is 4.83. The second kappa shape index (κ2) is 6.05. The van der Waals surface area contributed by atoms with Gasteiger partial charge in [-0.3, -0.25) is 4.79 Å². The fraction of sp³-hybridized carbons (Fsp3) is 0.500. The number of nitrogens with one attached hydrogen (secondary N) is 1. The first-order valence-corrected chi connectivity index (χ1v) is 6.32. The maximum atomic E-state index is 13.4. The van der Waals surface area contributed by atoms with Crippen molar-refractivity contribution in [2.45, 2.75) is 25.7 Å². The summed E-state index contributed by atoms with van der Waals surface area (Å²) in [5.41, 5.74) is -0.105. The first kappa shape index (κ1) is 13.1. The Hall–Kier alpha value is -1.29. The standard InChI is InChI=1S/C14H17F2NO/c15-13-4-1-5-14(16)12(13)8-11(18)7-10-3-2-6-17-9-10/h1,4-5,10,17H,2-3,6-9H2. The van der Waals surface area contributed by atoms with Crippen LogP contribution in [0.25, 0.3) is 0 Å². The molecule has 2 nitrogen and oxygen atoms in total. The summed E-state index contributed by atoms with van der Waals surface area (Å²) in [4.78, 5) is 11.8. The van der Waals surface area contributed by atoms with Crippen LogP contribution in [0.4, 0.5) is 8.78 Å². The van der Waals surface area contributed by atoms with Crippen LogP contribution >= 0.6 is 0 Å². The molecular formula is C14H17F2NO. The topological polar surface area (TPSA) is 29.1 Å². The molecule has 18 heavy (non-hydrogen) atoms. The lowest BCUT2D eigenvalue weighted by atomic mass is 9.92. The number of carbonyl (C=O) groups excluding carboxylic acids is 1. The lowest BCUT2D eigenvalue weighted by Gasteiger charge is -2.21. The molecule has 0 amide bonds. The summed E-state index contributed by atoms with van der Waals surface area (Å²) in [7, 11) is 0. The number of carbonyl (C=O) groups is 1. The molecule has 0 bridgehead atoms. The number of ketones is 1. The van der Waals surface area contributed by atoms with Gasteiger partial charge in [0.05, 0.1) is 0 Å². The molecular weight excluding hydrogens is 236 g/mol. The lowest BCUT2D eigenvalue weighted by Crippen LogP contribution is -2.31. The van der Waals surface area contributed by atoms with Gasteiger partial charge in [-0.1, -0.05) is 6.07 Å². The molecule has 1 unspecified atom stereocenters. The molecule has 1 atom stereocenters. The summed E-state index contributed by atoms with van der Waals surface area (Å²) >= 11 is 0. The van der Waals surface area contributed by atoms with Gasteiger partial charge in [0.15, 0.2) is 0 Å². The molecule has 0 aliphatic carbocycles. The van der Waals surface area contributed by atoms with Crippen LogP contribution in [0.3, 0.4) is 0 Å². The Morgan fingerprint density at radius 1 is 1.33 bits per heavy atom. The Bertz CT molecular complexity index is 408. The number of halogens is 2. The normalized spacial score (nSPS) is 19.8. The maximum absolute atomic E-state index is 13.4. The van der Waals surface area contributed by atoms with Gasteiger partial charge in [0.2, 0.25) is 0 Å². The summed E-state index contributed by atoms with van der Waals surface area (Å²) < 4.78 is 26.8. The van der Waals surface area contributed by atoms with Gasteiger partial charge >= 0.3 is 0 Å². The third kappa shape index (κ3) is 3.35. The van der Waals surface area contributed by atoms with Gasteiger partial charge in [0.1, 0.15) is 17.4 Å². The number of rotatable bonds is 4. The monoisotopic (exact) mass is 253 g/mol. The van der Waals surface area contributed by atoms with Gasteiger partial charge in [0, 0.05) is 18.4 Å². The summed E-state index contributed by atoms with van der Waals surface area (Å²) in [6.07, 6.45) is 2.33. The minimum atomic E-state index is -0.634. The van der Waals surface area contributed by atoms with Crippen LogP contribution in [0, 0.1) is 17.6 Å². The van der Waals surface area contributed by atoms with Crippen molar-refractivity contribution >= 4 is 5.78 Å². The summed E-state index contributed by atoms with van der Waals surface area (Å²) in [5, 5.41) is 3.23. The third-order valence-corrected chi connectivity index (χ3v) is 3.35. The van der Waals surface area contributed by atoms with E-state index in [2.05, 4.69) is 5.32 Å². The highest BCUT2D eigenvalue weighted by Crippen LogP contribution is 2.18. The average molecular weight is 253 g/mol. The molecule has 1 fully saturated rings. The van der Waals surface area contributed by atoms with Crippen LogP contribution < -0.4 is 5.32 Å². The highest BCUT2D eigenvalue weighted by atomic mass is 19.1. The van der Waals surface area contributed by atoms with E-state index in [1.54, 1.807) is 0 Å². The van der Waals surface area contributed by atoms with E-state index >= 15 is 0 Å². The molecule has 0 spiro atoms. The fourth-order valence-electron chi connectivity index (χ4n) is 2.39. The maximum Gasteiger partial charge on any atom is 0.137 e. The van der Waals surface area contributed by atoms with Crippen LogP contribution in [-0.4, -0.2) is 18.9 Å². The van der Waals surface area contributed by atoms with Crippen molar-refractivity contribution in [3.63, 3.8) is 0 Å². The fourth-order valence-corrected chi connectivity index (χ4v) is 2.39.